The van der Waals surface area contributed by atoms with E-state index in [-0.39, 0.29) is 5.41 Å². The summed E-state index contributed by atoms with van der Waals surface area (Å²) in [7, 11) is 0. The lowest BCUT2D eigenvalue weighted by atomic mass is 9.98. The Balaban J connectivity index is 2.05. The molecule has 0 saturated carbocycles. The van der Waals surface area contributed by atoms with Crippen LogP contribution in [-0.4, -0.2) is 9.97 Å². The Morgan fingerprint density at radius 1 is 1.25 bits per heavy atom. The van der Waals surface area contributed by atoms with Gasteiger partial charge in [0.2, 0.25) is 0 Å². The maximum Gasteiger partial charge on any atom is 0.0985 e. The Kier molecular flexibility index (Phi) is 4.62. The number of nitrogens with zero attached hydrogens (tertiary/aromatic N) is 2. The van der Waals surface area contributed by atoms with Gasteiger partial charge in [0.15, 0.2) is 0 Å². The zero-order valence-corrected chi connectivity index (χ0v) is 14.7. The zero-order valence-electron chi connectivity index (χ0n) is 13.1. The number of rotatable bonds is 4. The molecule has 0 amide bonds. The van der Waals surface area contributed by atoms with E-state index in [2.05, 4.69) is 44.9 Å². The third-order valence-corrected chi connectivity index (χ3v) is 5.80. The molecule has 0 radical (unpaired) electrons. The highest BCUT2D eigenvalue weighted by molar-refractivity contribution is 7.12. The largest absolute Gasteiger partial charge is 0.304 e. The molecular weight excluding hydrogens is 286 g/mol. The molecule has 0 aliphatic heterocycles. The summed E-state index contributed by atoms with van der Waals surface area (Å²) in [6, 6.07) is 0.325. The second kappa shape index (κ2) is 5.92. The maximum atomic E-state index is 4.73. The van der Waals surface area contributed by atoms with Crippen molar-refractivity contribution in [2.45, 2.75) is 59.5 Å². The minimum atomic E-state index is 0.127. The van der Waals surface area contributed by atoms with Gasteiger partial charge in [-0.15, -0.1) is 22.7 Å². The number of aromatic nitrogens is 2. The first-order valence-corrected chi connectivity index (χ1v) is 8.53. The highest BCUT2D eigenvalue weighted by Gasteiger charge is 2.22. The lowest BCUT2D eigenvalue weighted by Crippen LogP contribution is -2.17. The Morgan fingerprint density at radius 3 is 2.45 bits per heavy atom. The Bertz CT molecular complexity index is 578. The number of nitrogens with one attached hydrogen (secondary N) is 1. The summed E-state index contributed by atoms with van der Waals surface area (Å²) in [5.74, 6) is 0. The summed E-state index contributed by atoms with van der Waals surface area (Å²) in [4.78, 5) is 11.6. The van der Waals surface area contributed by atoms with E-state index >= 15 is 0 Å². The lowest BCUT2D eigenvalue weighted by Gasteiger charge is -2.14. The van der Waals surface area contributed by atoms with E-state index in [9.17, 15) is 0 Å². The van der Waals surface area contributed by atoms with Crippen LogP contribution >= 0.6 is 22.7 Å². The normalized spacial score (nSPS) is 13.7. The van der Waals surface area contributed by atoms with Crippen LogP contribution in [0.3, 0.4) is 0 Å². The quantitative estimate of drug-likeness (QED) is 0.911. The SMILES string of the molecule is Cc1ncc(CNC(C)c2sc(C(C)(C)C)nc2C)s1. The van der Waals surface area contributed by atoms with E-state index in [0.717, 1.165) is 17.2 Å². The number of aryl methyl sites for hydroxylation is 2. The van der Waals surface area contributed by atoms with Crippen LogP contribution in [0, 0.1) is 13.8 Å². The highest BCUT2D eigenvalue weighted by atomic mass is 32.1. The van der Waals surface area contributed by atoms with Crippen LogP contribution in [-0.2, 0) is 12.0 Å². The van der Waals surface area contributed by atoms with E-state index in [1.807, 2.05) is 24.5 Å². The van der Waals surface area contributed by atoms with Gasteiger partial charge in [-0.05, 0) is 20.8 Å². The minimum Gasteiger partial charge on any atom is -0.304 e. The van der Waals surface area contributed by atoms with Crippen LogP contribution in [0.4, 0.5) is 0 Å². The highest BCUT2D eigenvalue weighted by Crippen LogP contribution is 2.32. The van der Waals surface area contributed by atoms with E-state index in [0.29, 0.717) is 6.04 Å². The summed E-state index contributed by atoms with van der Waals surface area (Å²) in [5, 5.41) is 5.91. The zero-order chi connectivity index (χ0) is 14.9. The third kappa shape index (κ3) is 3.65. The average Bonchev–Trinajstić information content (AvgIpc) is 2.92. The van der Waals surface area contributed by atoms with Gasteiger partial charge in [-0.3, -0.25) is 0 Å². The van der Waals surface area contributed by atoms with Crippen molar-refractivity contribution in [2.24, 2.45) is 0 Å². The Hall–Kier alpha value is -0.780. The summed E-state index contributed by atoms with van der Waals surface area (Å²) in [6.45, 7) is 13.9. The fourth-order valence-corrected chi connectivity index (χ4v) is 3.86. The molecule has 2 aromatic rings. The molecule has 1 unspecified atom stereocenters. The molecule has 3 nitrogen and oxygen atoms in total. The van der Waals surface area contributed by atoms with Gasteiger partial charge in [0, 0.05) is 34.0 Å². The van der Waals surface area contributed by atoms with Gasteiger partial charge in [0.05, 0.1) is 15.7 Å². The number of hydrogen-bond acceptors (Lipinski definition) is 5. The summed E-state index contributed by atoms with van der Waals surface area (Å²) < 4.78 is 0. The van der Waals surface area contributed by atoms with E-state index in [4.69, 9.17) is 4.98 Å². The van der Waals surface area contributed by atoms with Gasteiger partial charge >= 0.3 is 0 Å². The summed E-state index contributed by atoms with van der Waals surface area (Å²) >= 11 is 3.58. The standard InChI is InChI=1S/C15H23N3S2/c1-9(16-7-12-8-17-11(3)19-12)13-10(2)18-14(20-13)15(4,5)6/h8-9,16H,7H2,1-6H3. The average molecular weight is 310 g/mol. The van der Waals surface area contributed by atoms with Gasteiger partial charge < -0.3 is 5.32 Å². The predicted octanol–water partition coefficient (Wildman–Crippen LogP) is 4.36. The second-order valence-electron chi connectivity index (χ2n) is 6.17. The smallest absolute Gasteiger partial charge is 0.0985 e. The van der Waals surface area contributed by atoms with Gasteiger partial charge in [-0.25, -0.2) is 9.97 Å². The van der Waals surface area contributed by atoms with Crippen molar-refractivity contribution >= 4 is 22.7 Å². The molecular formula is C15H23N3S2. The van der Waals surface area contributed by atoms with Crippen molar-refractivity contribution in [3.05, 3.63) is 31.7 Å². The van der Waals surface area contributed by atoms with Crippen molar-refractivity contribution in [2.75, 3.05) is 0 Å². The van der Waals surface area contributed by atoms with Crippen molar-refractivity contribution in [1.29, 1.82) is 0 Å². The molecule has 0 fully saturated rings. The molecule has 2 rings (SSSR count). The van der Waals surface area contributed by atoms with E-state index < -0.39 is 0 Å². The predicted molar refractivity (Wildman–Crippen MR) is 87.7 cm³/mol. The first-order chi connectivity index (χ1) is 9.27. The molecule has 0 spiro atoms. The molecule has 1 atom stereocenters. The second-order valence-corrected chi connectivity index (χ2v) is 8.52. The molecule has 1 N–H and O–H groups in total. The van der Waals surface area contributed by atoms with E-state index in [1.165, 1.54) is 14.8 Å². The van der Waals surface area contributed by atoms with Crippen molar-refractivity contribution < 1.29 is 0 Å². The number of thiazole rings is 2. The van der Waals surface area contributed by atoms with Crippen LogP contribution < -0.4 is 5.32 Å². The molecule has 5 heteroatoms. The number of hydrogen-bond donors (Lipinski definition) is 1. The van der Waals surface area contributed by atoms with Crippen molar-refractivity contribution in [3.8, 4) is 0 Å². The molecule has 0 aromatic carbocycles. The Labute approximate surface area is 129 Å². The molecule has 110 valence electrons. The van der Waals surface area contributed by atoms with Crippen LogP contribution in [0.15, 0.2) is 6.20 Å². The molecule has 0 aliphatic rings. The van der Waals surface area contributed by atoms with Crippen molar-refractivity contribution in [3.63, 3.8) is 0 Å². The maximum absolute atomic E-state index is 4.73. The molecule has 2 heterocycles. The lowest BCUT2D eigenvalue weighted by molar-refractivity contribution is 0.579. The van der Waals surface area contributed by atoms with Crippen LogP contribution in [0.2, 0.25) is 0 Å². The van der Waals surface area contributed by atoms with Crippen molar-refractivity contribution in [1.82, 2.24) is 15.3 Å². The first kappa shape index (κ1) is 15.6. The first-order valence-electron chi connectivity index (χ1n) is 6.90. The molecule has 20 heavy (non-hydrogen) atoms. The van der Waals surface area contributed by atoms with Crippen LogP contribution in [0.5, 0.6) is 0 Å². The Morgan fingerprint density at radius 2 is 1.95 bits per heavy atom. The topological polar surface area (TPSA) is 37.8 Å². The monoisotopic (exact) mass is 309 g/mol. The molecule has 0 aliphatic carbocycles. The molecule has 2 aromatic heterocycles. The fourth-order valence-electron chi connectivity index (χ4n) is 1.96. The fraction of sp³-hybridized carbons (Fsp3) is 0.600. The van der Waals surface area contributed by atoms with Crippen LogP contribution in [0.25, 0.3) is 0 Å². The van der Waals surface area contributed by atoms with Crippen LogP contribution in [0.1, 0.15) is 59.2 Å². The van der Waals surface area contributed by atoms with Gasteiger partial charge in [-0.2, -0.15) is 0 Å². The summed E-state index contributed by atoms with van der Waals surface area (Å²) in [6.07, 6.45) is 1.96. The van der Waals surface area contributed by atoms with Gasteiger partial charge in [0.25, 0.3) is 0 Å². The third-order valence-electron chi connectivity index (χ3n) is 3.12. The van der Waals surface area contributed by atoms with E-state index in [1.54, 1.807) is 11.3 Å². The van der Waals surface area contributed by atoms with Gasteiger partial charge in [-0.1, -0.05) is 20.8 Å². The molecule has 0 saturated heterocycles. The summed E-state index contributed by atoms with van der Waals surface area (Å²) in [5.41, 5.74) is 1.28. The van der Waals surface area contributed by atoms with Gasteiger partial charge in [0.1, 0.15) is 0 Å². The molecule has 0 bridgehead atoms. The minimum absolute atomic E-state index is 0.127.